The second kappa shape index (κ2) is 2.13. The topological polar surface area (TPSA) is 26.5 Å². The van der Waals surface area contributed by atoms with Crippen LogP contribution in [0, 0.1) is 5.41 Å². The van der Waals surface area contributed by atoms with Crippen molar-refractivity contribution in [2.24, 2.45) is 10.4 Å². The normalized spacial score (nSPS) is 21.8. The fourth-order valence-corrected chi connectivity index (χ4v) is 1.59. The zero-order valence-electron chi connectivity index (χ0n) is 7.62. The van der Waals surface area contributed by atoms with E-state index in [2.05, 4.69) is 17.2 Å². The molecule has 0 atom stereocenters. The summed E-state index contributed by atoms with van der Waals surface area (Å²) in [5, 5.41) is 4.54. The number of fused-ring (bicyclic) bond motifs is 1. The highest BCUT2D eigenvalue weighted by Gasteiger charge is 2.45. The Bertz CT molecular complexity index is 389. The molecule has 0 aromatic heterocycles. The third-order valence-corrected chi connectivity index (χ3v) is 2.87. The van der Waals surface area contributed by atoms with E-state index >= 15 is 0 Å². The Morgan fingerprint density at radius 1 is 1.15 bits per heavy atom. The van der Waals surface area contributed by atoms with Gasteiger partial charge in [-0.1, -0.05) is 19.1 Å². The van der Waals surface area contributed by atoms with Crippen LogP contribution in [0.4, 0.5) is 11.4 Å². The van der Waals surface area contributed by atoms with Gasteiger partial charge in [0.1, 0.15) is 5.84 Å². The molecule has 2 heteroatoms. The van der Waals surface area contributed by atoms with Crippen LogP contribution in [0.1, 0.15) is 19.8 Å². The first-order valence-corrected chi connectivity index (χ1v) is 4.68. The number of hydrogen-bond acceptors (Lipinski definition) is 1. The van der Waals surface area contributed by atoms with Gasteiger partial charge in [-0.05, 0) is 25.0 Å². The predicted molar refractivity (Wildman–Crippen MR) is 52.7 cm³/mol. The highest BCUT2D eigenvalue weighted by atomic mass is 15.1. The van der Waals surface area contributed by atoms with Crippen molar-refractivity contribution in [3.63, 3.8) is 0 Å². The standard InChI is InChI=1S/C11H11N2/c1-11(6-7-11)10-12-8-4-2-3-5-9(8)13-10/h2-5H,6-7H2,1H3. The van der Waals surface area contributed by atoms with Gasteiger partial charge in [-0.3, -0.25) is 0 Å². The van der Waals surface area contributed by atoms with Crippen molar-refractivity contribution in [1.29, 1.82) is 0 Å². The summed E-state index contributed by atoms with van der Waals surface area (Å²) in [5.41, 5.74) is 2.36. The molecule has 1 fully saturated rings. The Hall–Kier alpha value is -1.31. The van der Waals surface area contributed by atoms with Gasteiger partial charge in [-0.25, -0.2) is 10.3 Å². The van der Waals surface area contributed by atoms with Gasteiger partial charge in [0.05, 0.1) is 11.4 Å². The first-order chi connectivity index (χ1) is 6.28. The molecule has 0 bridgehead atoms. The lowest BCUT2D eigenvalue weighted by Gasteiger charge is -2.05. The molecule has 0 saturated heterocycles. The zero-order valence-corrected chi connectivity index (χ0v) is 7.62. The van der Waals surface area contributed by atoms with E-state index in [0.717, 1.165) is 17.2 Å². The maximum atomic E-state index is 4.54. The van der Waals surface area contributed by atoms with Gasteiger partial charge >= 0.3 is 0 Å². The van der Waals surface area contributed by atoms with Gasteiger partial charge in [0.15, 0.2) is 0 Å². The molecule has 1 radical (unpaired) electrons. The molecule has 0 spiro atoms. The van der Waals surface area contributed by atoms with Crippen molar-refractivity contribution in [2.75, 3.05) is 0 Å². The molecule has 1 aliphatic carbocycles. The van der Waals surface area contributed by atoms with Crippen molar-refractivity contribution in [1.82, 2.24) is 5.32 Å². The predicted octanol–water partition coefficient (Wildman–Crippen LogP) is 2.77. The van der Waals surface area contributed by atoms with Crippen LogP contribution in [0.15, 0.2) is 29.3 Å². The Balaban J connectivity index is 2.00. The molecule has 3 rings (SSSR count). The van der Waals surface area contributed by atoms with E-state index in [1.807, 2.05) is 24.3 Å². The third kappa shape index (κ3) is 0.981. The summed E-state index contributed by atoms with van der Waals surface area (Å²) in [4.78, 5) is 4.54. The Labute approximate surface area is 77.7 Å². The monoisotopic (exact) mass is 171 g/mol. The number of nitrogens with zero attached hydrogens (tertiary/aromatic N) is 2. The highest BCUT2D eigenvalue weighted by molar-refractivity contribution is 6.00. The van der Waals surface area contributed by atoms with Gasteiger partial charge in [-0.2, -0.15) is 0 Å². The SMILES string of the molecule is CC1(C2=Nc3ccccc3[N]2)CC1. The van der Waals surface area contributed by atoms with Crippen LogP contribution in [0.2, 0.25) is 0 Å². The maximum absolute atomic E-state index is 4.54. The molecular formula is C11H11N2. The Morgan fingerprint density at radius 2 is 1.85 bits per heavy atom. The largest absolute Gasteiger partial charge is 0.231 e. The summed E-state index contributed by atoms with van der Waals surface area (Å²) >= 11 is 0. The van der Waals surface area contributed by atoms with E-state index in [-0.39, 0.29) is 0 Å². The lowest BCUT2D eigenvalue weighted by Crippen LogP contribution is -2.17. The van der Waals surface area contributed by atoms with Gasteiger partial charge < -0.3 is 0 Å². The highest BCUT2D eigenvalue weighted by Crippen LogP contribution is 2.49. The third-order valence-electron chi connectivity index (χ3n) is 2.87. The van der Waals surface area contributed by atoms with Crippen LogP contribution in [0.25, 0.3) is 0 Å². The van der Waals surface area contributed by atoms with Crippen LogP contribution >= 0.6 is 0 Å². The van der Waals surface area contributed by atoms with Gasteiger partial charge in [0, 0.05) is 5.41 Å². The minimum absolute atomic E-state index is 0.291. The van der Waals surface area contributed by atoms with Crippen molar-refractivity contribution in [3.05, 3.63) is 24.3 Å². The van der Waals surface area contributed by atoms with Crippen LogP contribution in [-0.4, -0.2) is 5.84 Å². The Kier molecular flexibility index (Phi) is 1.17. The molecular weight excluding hydrogens is 160 g/mol. The van der Waals surface area contributed by atoms with E-state index in [0.29, 0.717) is 5.41 Å². The van der Waals surface area contributed by atoms with Crippen molar-refractivity contribution < 1.29 is 0 Å². The summed E-state index contributed by atoms with van der Waals surface area (Å²) in [6, 6.07) is 8.07. The van der Waals surface area contributed by atoms with E-state index in [9.17, 15) is 0 Å². The van der Waals surface area contributed by atoms with E-state index in [1.165, 1.54) is 12.8 Å². The number of aliphatic imine (C=N–C) groups is 1. The number of para-hydroxylation sites is 2. The van der Waals surface area contributed by atoms with E-state index < -0.39 is 0 Å². The van der Waals surface area contributed by atoms with Crippen molar-refractivity contribution >= 4 is 17.2 Å². The van der Waals surface area contributed by atoms with Crippen LogP contribution in [-0.2, 0) is 0 Å². The van der Waals surface area contributed by atoms with Crippen LogP contribution < -0.4 is 5.32 Å². The van der Waals surface area contributed by atoms with Gasteiger partial charge in [0.25, 0.3) is 0 Å². The molecule has 65 valence electrons. The molecule has 1 aliphatic heterocycles. The summed E-state index contributed by atoms with van der Waals surface area (Å²) < 4.78 is 0. The first-order valence-electron chi connectivity index (χ1n) is 4.68. The molecule has 1 aromatic carbocycles. The molecule has 0 unspecified atom stereocenters. The molecule has 13 heavy (non-hydrogen) atoms. The quantitative estimate of drug-likeness (QED) is 0.621. The van der Waals surface area contributed by atoms with E-state index in [4.69, 9.17) is 0 Å². The second-order valence-corrected chi connectivity index (χ2v) is 4.10. The number of amidine groups is 1. The van der Waals surface area contributed by atoms with Crippen LogP contribution in [0.3, 0.4) is 0 Å². The molecule has 1 aromatic rings. The number of rotatable bonds is 1. The zero-order chi connectivity index (χ0) is 8.89. The fraction of sp³-hybridized carbons (Fsp3) is 0.364. The lowest BCUT2D eigenvalue weighted by atomic mass is 10.1. The summed E-state index contributed by atoms with van der Waals surface area (Å²) in [5.74, 6) is 1.04. The Morgan fingerprint density at radius 3 is 2.46 bits per heavy atom. The average Bonchev–Trinajstić information content (AvgIpc) is 2.76. The summed E-state index contributed by atoms with van der Waals surface area (Å²) in [7, 11) is 0. The number of benzene rings is 1. The average molecular weight is 171 g/mol. The molecule has 0 N–H and O–H groups in total. The van der Waals surface area contributed by atoms with E-state index in [1.54, 1.807) is 0 Å². The summed E-state index contributed by atoms with van der Waals surface area (Å²) in [6.45, 7) is 2.24. The molecule has 1 heterocycles. The molecule has 2 aliphatic rings. The second-order valence-electron chi connectivity index (χ2n) is 4.10. The minimum Gasteiger partial charge on any atom is -0.231 e. The fourth-order valence-electron chi connectivity index (χ4n) is 1.59. The smallest absolute Gasteiger partial charge is 0.135 e. The summed E-state index contributed by atoms with van der Waals surface area (Å²) in [6.07, 6.45) is 2.48. The minimum atomic E-state index is 0.291. The molecule has 0 amide bonds. The maximum Gasteiger partial charge on any atom is 0.135 e. The molecule has 1 saturated carbocycles. The van der Waals surface area contributed by atoms with Crippen molar-refractivity contribution in [3.8, 4) is 0 Å². The first kappa shape index (κ1) is 7.13. The van der Waals surface area contributed by atoms with Crippen LogP contribution in [0.5, 0.6) is 0 Å². The number of hydrogen-bond donors (Lipinski definition) is 0. The lowest BCUT2D eigenvalue weighted by molar-refractivity contribution is 0.779. The van der Waals surface area contributed by atoms with Gasteiger partial charge in [-0.15, -0.1) is 0 Å². The van der Waals surface area contributed by atoms with Crippen molar-refractivity contribution in [2.45, 2.75) is 19.8 Å². The van der Waals surface area contributed by atoms with Gasteiger partial charge in [0.2, 0.25) is 0 Å². The molecule has 2 nitrogen and oxygen atoms in total.